The fourth-order valence-electron chi connectivity index (χ4n) is 1.50. The summed E-state index contributed by atoms with van der Waals surface area (Å²) in [7, 11) is 0. The summed E-state index contributed by atoms with van der Waals surface area (Å²) in [6, 6.07) is 9.35. The molecule has 0 fully saturated rings. The Labute approximate surface area is 124 Å². The topological polar surface area (TPSA) is 64.6 Å². The maximum atomic E-state index is 11.6. The maximum absolute atomic E-state index is 11.6. The van der Waals surface area contributed by atoms with E-state index in [1.807, 2.05) is 30.3 Å². The summed E-state index contributed by atoms with van der Waals surface area (Å²) in [5.74, 6) is -0.818. The fraction of sp³-hybridized carbons (Fsp3) is 0.375. The van der Waals surface area contributed by atoms with Gasteiger partial charge in [-0.1, -0.05) is 36.4 Å². The van der Waals surface area contributed by atoms with Gasteiger partial charge in [-0.25, -0.2) is 0 Å². The molecule has 1 rings (SSSR count). The molecule has 0 aliphatic rings. The highest BCUT2D eigenvalue weighted by molar-refractivity contribution is 5.84. The lowest BCUT2D eigenvalue weighted by Crippen LogP contribution is -2.38. The van der Waals surface area contributed by atoms with Crippen molar-refractivity contribution < 1.29 is 19.1 Å². The molecule has 1 aromatic carbocycles. The van der Waals surface area contributed by atoms with Crippen molar-refractivity contribution in [1.82, 2.24) is 5.32 Å². The second-order valence-electron chi connectivity index (χ2n) is 4.45. The summed E-state index contributed by atoms with van der Waals surface area (Å²) in [5, 5.41) is 2.48. The minimum Gasteiger partial charge on any atom is -0.460 e. The lowest BCUT2D eigenvalue weighted by Gasteiger charge is -2.12. The number of ether oxygens (including phenoxy) is 2. The standard InChI is InChI=1S/C16H21NO4/c1-3-4-10-20-13(2)16(19)17-11-15(18)21-12-14-8-6-5-7-9-14/h3,5-9,13H,1,4,10-12H2,2H3,(H,17,19). The molecule has 0 radical (unpaired) electrons. The van der Waals surface area contributed by atoms with Gasteiger partial charge in [0, 0.05) is 0 Å². The molecular weight excluding hydrogens is 270 g/mol. The number of benzene rings is 1. The molecule has 114 valence electrons. The van der Waals surface area contributed by atoms with Crippen molar-refractivity contribution in [2.45, 2.75) is 26.1 Å². The molecule has 0 aliphatic carbocycles. The quantitative estimate of drug-likeness (QED) is 0.428. The molecule has 5 heteroatoms. The number of esters is 1. The van der Waals surface area contributed by atoms with E-state index in [1.165, 1.54) is 0 Å². The molecular formula is C16H21NO4. The summed E-state index contributed by atoms with van der Waals surface area (Å²) in [4.78, 5) is 23.2. The average molecular weight is 291 g/mol. The SMILES string of the molecule is C=CCCOC(C)C(=O)NCC(=O)OCc1ccccc1. The Morgan fingerprint density at radius 3 is 2.71 bits per heavy atom. The lowest BCUT2D eigenvalue weighted by molar-refractivity contribution is -0.146. The van der Waals surface area contributed by atoms with Gasteiger partial charge in [0.15, 0.2) is 0 Å². The molecule has 1 atom stereocenters. The molecule has 0 saturated carbocycles. The van der Waals surface area contributed by atoms with Crippen molar-refractivity contribution in [3.8, 4) is 0 Å². The molecule has 1 unspecified atom stereocenters. The number of hydrogen-bond donors (Lipinski definition) is 1. The van der Waals surface area contributed by atoms with Gasteiger partial charge < -0.3 is 14.8 Å². The number of carbonyl (C=O) groups excluding carboxylic acids is 2. The molecule has 0 heterocycles. The Kier molecular flexibility index (Phi) is 7.82. The summed E-state index contributed by atoms with van der Waals surface area (Å²) in [6.07, 6.45) is 1.79. The fourth-order valence-corrected chi connectivity index (χ4v) is 1.50. The van der Waals surface area contributed by atoms with Gasteiger partial charge in [0.1, 0.15) is 19.3 Å². The number of nitrogens with one attached hydrogen (secondary N) is 1. The lowest BCUT2D eigenvalue weighted by atomic mass is 10.2. The van der Waals surface area contributed by atoms with Crippen LogP contribution in [0, 0.1) is 0 Å². The molecule has 0 bridgehead atoms. The van der Waals surface area contributed by atoms with Gasteiger partial charge in [-0.3, -0.25) is 9.59 Å². The first-order valence-electron chi connectivity index (χ1n) is 6.83. The van der Waals surface area contributed by atoms with Crippen LogP contribution < -0.4 is 5.32 Å². The minimum absolute atomic E-state index is 0.166. The largest absolute Gasteiger partial charge is 0.460 e. The van der Waals surface area contributed by atoms with Crippen LogP contribution >= 0.6 is 0 Å². The van der Waals surface area contributed by atoms with Crippen molar-refractivity contribution in [1.29, 1.82) is 0 Å². The van der Waals surface area contributed by atoms with E-state index in [2.05, 4.69) is 11.9 Å². The Bertz CT molecular complexity index is 459. The molecule has 1 amide bonds. The van der Waals surface area contributed by atoms with Crippen LogP contribution in [0.5, 0.6) is 0 Å². The molecule has 1 aromatic rings. The van der Waals surface area contributed by atoms with Gasteiger partial charge in [-0.15, -0.1) is 6.58 Å². The Morgan fingerprint density at radius 1 is 1.33 bits per heavy atom. The van der Waals surface area contributed by atoms with Gasteiger partial charge in [0.2, 0.25) is 5.91 Å². The number of amides is 1. The summed E-state index contributed by atoms with van der Waals surface area (Å²) in [5.41, 5.74) is 0.901. The van der Waals surface area contributed by atoms with Crippen LogP contribution in [0.2, 0.25) is 0 Å². The zero-order valence-corrected chi connectivity index (χ0v) is 12.2. The predicted octanol–water partition coefficient (Wildman–Crippen LogP) is 1.83. The van der Waals surface area contributed by atoms with E-state index in [0.717, 1.165) is 5.56 Å². The van der Waals surface area contributed by atoms with E-state index in [4.69, 9.17) is 9.47 Å². The van der Waals surface area contributed by atoms with Crippen LogP contribution in [0.1, 0.15) is 18.9 Å². The highest BCUT2D eigenvalue weighted by Gasteiger charge is 2.14. The summed E-state index contributed by atoms with van der Waals surface area (Å²) >= 11 is 0. The van der Waals surface area contributed by atoms with Crippen LogP contribution in [0.15, 0.2) is 43.0 Å². The van der Waals surface area contributed by atoms with Crippen LogP contribution in [-0.4, -0.2) is 31.1 Å². The third-order valence-electron chi connectivity index (χ3n) is 2.71. The highest BCUT2D eigenvalue weighted by atomic mass is 16.5. The molecule has 0 spiro atoms. The number of rotatable bonds is 9. The van der Waals surface area contributed by atoms with Crippen LogP contribution in [-0.2, 0) is 25.7 Å². The van der Waals surface area contributed by atoms with Gasteiger partial charge in [0.05, 0.1) is 6.61 Å². The molecule has 5 nitrogen and oxygen atoms in total. The summed E-state index contributed by atoms with van der Waals surface area (Å²) < 4.78 is 10.3. The number of carbonyl (C=O) groups is 2. The highest BCUT2D eigenvalue weighted by Crippen LogP contribution is 2.00. The normalized spacial score (nSPS) is 11.5. The van der Waals surface area contributed by atoms with E-state index < -0.39 is 12.1 Å². The van der Waals surface area contributed by atoms with Crippen molar-refractivity contribution >= 4 is 11.9 Å². The van der Waals surface area contributed by atoms with Crippen LogP contribution in [0.25, 0.3) is 0 Å². The Morgan fingerprint density at radius 2 is 2.05 bits per heavy atom. The first-order chi connectivity index (χ1) is 10.1. The van der Waals surface area contributed by atoms with Gasteiger partial charge in [-0.05, 0) is 18.9 Å². The minimum atomic E-state index is -0.605. The van der Waals surface area contributed by atoms with E-state index >= 15 is 0 Å². The smallest absolute Gasteiger partial charge is 0.325 e. The summed E-state index contributed by atoms with van der Waals surface area (Å²) in [6.45, 7) is 5.65. The van der Waals surface area contributed by atoms with Crippen LogP contribution in [0.3, 0.4) is 0 Å². The monoisotopic (exact) mass is 291 g/mol. The number of hydrogen-bond acceptors (Lipinski definition) is 4. The van der Waals surface area contributed by atoms with Gasteiger partial charge in [-0.2, -0.15) is 0 Å². The predicted molar refractivity (Wildman–Crippen MR) is 79.5 cm³/mol. The van der Waals surface area contributed by atoms with Gasteiger partial charge >= 0.3 is 5.97 Å². The zero-order chi connectivity index (χ0) is 15.5. The average Bonchev–Trinajstić information content (AvgIpc) is 2.51. The van der Waals surface area contributed by atoms with Crippen molar-refractivity contribution in [2.75, 3.05) is 13.2 Å². The van der Waals surface area contributed by atoms with E-state index in [0.29, 0.717) is 13.0 Å². The Balaban J connectivity index is 2.20. The Hall–Kier alpha value is -2.14. The van der Waals surface area contributed by atoms with E-state index in [-0.39, 0.29) is 19.1 Å². The molecule has 0 aromatic heterocycles. The van der Waals surface area contributed by atoms with Crippen molar-refractivity contribution in [3.05, 3.63) is 48.6 Å². The van der Waals surface area contributed by atoms with Crippen molar-refractivity contribution in [3.63, 3.8) is 0 Å². The zero-order valence-electron chi connectivity index (χ0n) is 12.2. The first kappa shape index (κ1) is 16.9. The third-order valence-corrected chi connectivity index (χ3v) is 2.71. The molecule has 0 saturated heterocycles. The molecule has 0 aliphatic heterocycles. The molecule has 1 N–H and O–H groups in total. The van der Waals surface area contributed by atoms with Crippen molar-refractivity contribution in [2.24, 2.45) is 0 Å². The van der Waals surface area contributed by atoms with E-state index in [9.17, 15) is 9.59 Å². The second kappa shape index (κ2) is 9.72. The third kappa shape index (κ3) is 7.27. The molecule has 21 heavy (non-hydrogen) atoms. The van der Waals surface area contributed by atoms with E-state index in [1.54, 1.807) is 13.0 Å². The van der Waals surface area contributed by atoms with Gasteiger partial charge in [0.25, 0.3) is 0 Å². The maximum Gasteiger partial charge on any atom is 0.325 e. The first-order valence-corrected chi connectivity index (χ1v) is 6.83. The second-order valence-corrected chi connectivity index (χ2v) is 4.45. The van der Waals surface area contributed by atoms with Crippen LogP contribution in [0.4, 0.5) is 0 Å².